The Morgan fingerprint density at radius 3 is 2.87 bits per heavy atom. The van der Waals surface area contributed by atoms with Crippen LogP contribution in [0.1, 0.15) is 11.3 Å². The van der Waals surface area contributed by atoms with Crippen LogP contribution in [0.5, 0.6) is 0 Å². The van der Waals surface area contributed by atoms with Gasteiger partial charge in [-0.25, -0.2) is 9.50 Å². The van der Waals surface area contributed by atoms with Crippen LogP contribution in [0.2, 0.25) is 0 Å². The maximum atomic E-state index is 12.3. The number of aromatic amines is 1. The lowest BCUT2D eigenvalue weighted by atomic mass is 10.1. The van der Waals surface area contributed by atoms with E-state index >= 15 is 0 Å². The highest BCUT2D eigenvalue weighted by molar-refractivity contribution is 5.64. The van der Waals surface area contributed by atoms with Crippen molar-refractivity contribution in [3.8, 4) is 11.3 Å². The number of H-pyrrole nitrogens is 1. The van der Waals surface area contributed by atoms with Crippen molar-refractivity contribution in [2.24, 2.45) is 0 Å². The first-order chi connectivity index (χ1) is 11.2. The monoisotopic (exact) mass is 305 g/mol. The molecule has 3 heterocycles. The van der Waals surface area contributed by atoms with E-state index in [0.29, 0.717) is 17.9 Å². The van der Waals surface area contributed by atoms with Crippen molar-refractivity contribution in [3.63, 3.8) is 0 Å². The lowest BCUT2D eigenvalue weighted by molar-refractivity contribution is 0.669. The fourth-order valence-electron chi connectivity index (χ4n) is 2.64. The molecule has 0 aliphatic heterocycles. The van der Waals surface area contributed by atoms with Crippen LogP contribution in [0.3, 0.4) is 0 Å². The van der Waals surface area contributed by atoms with Gasteiger partial charge in [0.2, 0.25) is 0 Å². The molecule has 0 aliphatic rings. The number of rotatable bonds is 3. The minimum Gasteiger partial charge on any atom is -0.289 e. The Morgan fingerprint density at radius 1 is 1.17 bits per heavy atom. The zero-order chi connectivity index (χ0) is 15.8. The molecule has 1 N–H and O–H groups in total. The Bertz CT molecular complexity index is 1030. The van der Waals surface area contributed by atoms with E-state index < -0.39 is 0 Å². The maximum Gasteiger partial charge on any atom is 0.272 e. The second kappa shape index (κ2) is 5.24. The summed E-state index contributed by atoms with van der Waals surface area (Å²) in [5.74, 6) is 0. The predicted molar refractivity (Wildman–Crippen MR) is 87.3 cm³/mol. The SMILES string of the molecule is Cc1cccc(-c2cc3nc(Cn4cccn4)cc(=O)n3[nH]2)c1. The largest absolute Gasteiger partial charge is 0.289 e. The summed E-state index contributed by atoms with van der Waals surface area (Å²) in [5.41, 5.74) is 4.24. The molecular formula is C17H15N5O. The molecule has 0 atom stereocenters. The molecule has 0 unspecified atom stereocenters. The Kier molecular flexibility index (Phi) is 3.08. The molecule has 0 bridgehead atoms. The zero-order valence-electron chi connectivity index (χ0n) is 12.6. The van der Waals surface area contributed by atoms with Crippen LogP contribution < -0.4 is 5.56 Å². The molecule has 1 aromatic carbocycles. The van der Waals surface area contributed by atoms with Crippen molar-refractivity contribution >= 4 is 5.65 Å². The Hall–Kier alpha value is -3.15. The van der Waals surface area contributed by atoms with E-state index in [1.165, 1.54) is 16.1 Å². The summed E-state index contributed by atoms with van der Waals surface area (Å²) in [6.45, 7) is 2.52. The summed E-state index contributed by atoms with van der Waals surface area (Å²) in [4.78, 5) is 16.9. The summed E-state index contributed by atoms with van der Waals surface area (Å²) >= 11 is 0. The predicted octanol–water partition coefficient (Wildman–Crippen LogP) is 2.24. The van der Waals surface area contributed by atoms with Crippen molar-refractivity contribution in [3.05, 3.63) is 76.5 Å². The van der Waals surface area contributed by atoms with E-state index in [2.05, 4.69) is 21.2 Å². The van der Waals surface area contributed by atoms with Crippen LogP contribution in [0.15, 0.2) is 59.7 Å². The first-order valence-electron chi connectivity index (χ1n) is 7.35. The van der Waals surface area contributed by atoms with Crippen molar-refractivity contribution in [1.29, 1.82) is 0 Å². The van der Waals surface area contributed by atoms with Gasteiger partial charge < -0.3 is 0 Å². The van der Waals surface area contributed by atoms with Gasteiger partial charge in [0.05, 0.1) is 17.9 Å². The van der Waals surface area contributed by atoms with Gasteiger partial charge in [0.15, 0.2) is 5.65 Å². The van der Waals surface area contributed by atoms with Crippen LogP contribution >= 0.6 is 0 Å². The van der Waals surface area contributed by atoms with E-state index in [9.17, 15) is 4.79 Å². The molecule has 114 valence electrons. The van der Waals surface area contributed by atoms with Crippen molar-refractivity contribution < 1.29 is 0 Å². The van der Waals surface area contributed by atoms with Gasteiger partial charge in [0, 0.05) is 24.5 Å². The minimum atomic E-state index is -0.129. The van der Waals surface area contributed by atoms with Gasteiger partial charge in [0.1, 0.15) is 0 Å². The summed E-state index contributed by atoms with van der Waals surface area (Å²) in [7, 11) is 0. The van der Waals surface area contributed by atoms with Gasteiger partial charge >= 0.3 is 0 Å². The molecule has 23 heavy (non-hydrogen) atoms. The van der Waals surface area contributed by atoms with Gasteiger partial charge in [-0.3, -0.25) is 14.6 Å². The molecule has 0 amide bonds. The fourth-order valence-corrected chi connectivity index (χ4v) is 2.64. The smallest absolute Gasteiger partial charge is 0.272 e. The van der Waals surface area contributed by atoms with Gasteiger partial charge in [-0.2, -0.15) is 5.10 Å². The summed E-state index contributed by atoms with van der Waals surface area (Å²) < 4.78 is 3.21. The topological polar surface area (TPSA) is 68.0 Å². The number of fused-ring (bicyclic) bond motifs is 1. The van der Waals surface area contributed by atoms with Crippen LogP contribution in [-0.4, -0.2) is 24.4 Å². The van der Waals surface area contributed by atoms with Crippen molar-refractivity contribution in [2.75, 3.05) is 0 Å². The highest BCUT2D eigenvalue weighted by Gasteiger charge is 2.08. The molecule has 0 fully saturated rings. The quantitative estimate of drug-likeness (QED) is 0.631. The zero-order valence-corrected chi connectivity index (χ0v) is 12.6. The lowest BCUT2D eigenvalue weighted by Gasteiger charge is -2.01. The first kappa shape index (κ1) is 13.5. The molecule has 3 aromatic heterocycles. The van der Waals surface area contributed by atoms with Crippen molar-refractivity contribution in [2.45, 2.75) is 13.5 Å². The van der Waals surface area contributed by atoms with Crippen molar-refractivity contribution in [1.82, 2.24) is 24.4 Å². The van der Waals surface area contributed by atoms with E-state index in [-0.39, 0.29) is 5.56 Å². The highest BCUT2D eigenvalue weighted by Crippen LogP contribution is 2.19. The molecule has 0 saturated carbocycles. The second-order valence-electron chi connectivity index (χ2n) is 5.52. The van der Waals surface area contributed by atoms with E-state index in [0.717, 1.165) is 11.3 Å². The maximum absolute atomic E-state index is 12.3. The Morgan fingerprint density at radius 2 is 2.09 bits per heavy atom. The summed E-state index contributed by atoms with van der Waals surface area (Å²) in [6, 6.07) is 13.4. The normalized spacial score (nSPS) is 11.2. The number of hydrogen-bond acceptors (Lipinski definition) is 3. The third-order valence-electron chi connectivity index (χ3n) is 3.72. The van der Waals surface area contributed by atoms with Gasteiger partial charge in [-0.15, -0.1) is 0 Å². The number of aromatic nitrogens is 5. The van der Waals surface area contributed by atoms with Crippen LogP contribution in [0.25, 0.3) is 16.9 Å². The Balaban J connectivity index is 1.79. The summed E-state index contributed by atoms with van der Waals surface area (Å²) in [6.07, 6.45) is 3.55. The average Bonchev–Trinajstić information content (AvgIpc) is 3.17. The second-order valence-corrected chi connectivity index (χ2v) is 5.52. The molecule has 6 heteroatoms. The number of benzene rings is 1. The van der Waals surface area contributed by atoms with Gasteiger partial charge in [0.25, 0.3) is 5.56 Å². The molecule has 0 saturated heterocycles. The van der Waals surface area contributed by atoms with Gasteiger partial charge in [-0.1, -0.05) is 23.8 Å². The standard InChI is InChI=1S/C17H15N5O/c1-12-4-2-5-13(8-12)15-10-16-19-14(9-17(23)22(16)20-15)11-21-7-3-6-18-21/h2-10,20H,11H2,1H3. The van der Waals surface area contributed by atoms with Crippen LogP contribution in [0, 0.1) is 6.92 Å². The third-order valence-corrected chi connectivity index (χ3v) is 3.72. The number of nitrogens with one attached hydrogen (secondary N) is 1. The molecule has 4 rings (SSSR count). The number of nitrogens with zero attached hydrogens (tertiary/aromatic N) is 4. The van der Waals surface area contributed by atoms with E-state index in [1.54, 1.807) is 10.9 Å². The number of hydrogen-bond donors (Lipinski definition) is 1. The molecular weight excluding hydrogens is 290 g/mol. The third kappa shape index (κ3) is 2.55. The highest BCUT2D eigenvalue weighted by atomic mass is 16.1. The van der Waals surface area contributed by atoms with Crippen LogP contribution in [0.4, 0.5) is 0 Å². The molecule has 0 spiro atoms. The average molecular weight is 305 g/mol. The number of aryl methyl sites for hydroxylation is 1. The van der Waals surface area contributed by atoms with E-state index in [1.807, 2.05) is 43.5 Å². The molecule has 0 aliphatic carbocycles. The minimum absolute atomic E-state index is 0.129. The lowest BCUT2D eigenvalue weighted by Crippen LogP contribution is -2.16. The van der Waals surface area contributed by atoms with Gasteiger partial charge in [-0.05, 0) is 24.6 Å². The molecule has 4 aromatic rings. The van der Waals surface area contributed by atoms with E-state index in [4.69, 9.17) is 0 Å². The molecule has 6 nitrogen and oxygen atoms in total. The molecule has 0 radical (unpaired) electrons. The summed E-state index contributed by atoms with van der Waals surface area (Å²) in [5, 5.41) is 7.26. The first-order valence-corrected chi connectivity index (χ1v) is 7.35. The fraction of sp³-hybridized carbons (Fsp3) is 0.118. The Labute approximate surface area is 132 Å². The van der Waals surface area contributed by atoms with Crippen LogP contribution in [-0.2, 0) is 6.54 Å².